The van der Waals surface area contributed by atoms with Crippen LogP contribution in [0.25, 0.3) is 0 Å². The van der Waals surface area contributed by atoms with Gasteiger partial charge in [0.2, 0.25) is 0 Å². The molecule has 0 bridgehead atoms. The Balaban J connectivity index is 2.39. The fourth-order valence-electron chi connectivity index (χ4n) is 1.58. The molecule has 0 aliphatic rings. The summed E-state index contributed by atoms with van der Waals surface area (Å²) in [5, 5.41) is 21.6. The first-order valence-electron chi connectivity index (χ1n) is 5.77. The summed E-state index contributed by atoms with van der Waals surface area (Å²) in [7, 11) is 0. The molecule has 1 unspecified atom stereocenters. The highest BCUT2D eigenvalue weighted by molar-refractivity contribution is 5.06. The number of aromatic nitrogens is 1. The molecular formula is C12H22N2O2. The van der Waals surface area contributed by atoms with Crippen LogP contribution >= 0.6 is 0 Å². The summed E-state index contributed by atoms with van der Waals surface area (Å²) >= 11 is 0. The lowest BCUT2D eigenvalue weighted by molar-refractivity contribution is 0.00244. The van der Waals surface area contributed by atoms with Crippen LogP contribution in [0.2, 0.25) is 0 Å². The van der Waals surface area contributed by atoms with Gasteiger partial charge >= 0.3 is 0 Å². The maximum absolute atomic E-state index is 9.61. The van der Waals surface area contributed by atoms with Crippen LogP contribution in [-0.4, -0.2) is 33.5 Å². The van der Waals surface area contributed by atoms with E-state index in [1.807, 2.05) is 6.07 Å². The maximum Gasteiger partial charge on any atom is 0.0972 e. The first-order chi connectivity index (χ1) is 7.59. The van der Waals surface area contributed by atoms with Crippen molar-refractivity contribution in [3.05, 3.63) is 24.0 Å². The smallest absolute Gasteiger partial charge is 0.0972 e. The van der Waals surface area contributed by atoms with Gasteiger partial charge in [-0.2, -0.15) is 0 Å². The van der Waals surface area contributed by atoms with E-state index in [0.717, 1.165) is 13.0 Å². The molecule has 92 valence electrons. The second kappa shape index (κ2) is 6.03. The minimum absolute atomic E-state index is 0.226. The maximum atomic E-state index is 9.61. The molecule has 1 aromatic rings. The minimum atomic E-state index is -1.04. The third-order valence-electron chi connectivity index (χ3n) is 2.54. The number of nitrogens with one attached hydrogen (secondary N) is 1. The topological polar surface area (TPSA) is 57.4 Å². The van der Waals surface area contributed by atoms with Crippen molar-refractivity contribution in [2.24, 2.45) is 0 Å². The van der Waals surface area contributed by atoms with Crippen molar-refractivity contribution in [2.45, 2.75) is 39.0 Å². The normalized spacial score (nSPS) is 15.0. The van der Waals surface area contributed by atoms with E-state index in [1.165, 1.54) is 5.69 Å². The number of nitrogens with zero attached hydrogens (tertiary/aromatic N) is 1. The first-order valence-corrected chi connectivity index (χ1v) is 5.77. The molecule has 1 heterocycles. The molecule has 0 fully saturated rings. The molecule has 0 amide bonds. The Kier molecular flexibility index (Phi) is 4.99. The number of aryl methyl sites for hydroxylation is 1. The van der Waals surface area contributed by atoms with Gasteiger partial charge in [-0.1, -0.05) is 6.92 Å². The number of rotatable bonds is 7. The third kappa shape index (κ3) is 3.96. The summed E-state index contributed by atoms with van der Waals surface area (Å²) in [6, 6.07) is 4.09. The van der Waals surface area contributed by atoms with Gasteiger partial charge in [0.15, 0.2) is 0 Å². The Labute approximate surface area is 96.9 Å². The summed E-state index contributed by atoms with van der Waals surface area (Å²) in [5.74, 6) is 0. The Morgan fingerprint density at radius 3 is 2.88 bits per heavy atom. The molecule has 1 rings (SSSR count). The molecule has 1 aromatic heterocycles. The highest BCUT2D eigenvalue weighted by Crippen LogP contribution is 2.04. The molecular weight excluding hydrogens is 204 g/mol. The largest absolute Gasteiger partial charge is 0.393 e. The quantitative estimate of drug-likeness (QED) is 0.642. The van der Waals surface area contributed by atoms with Gasteiger partial charge < -0.3 is 20.1 Å². The standard InChI is InChI=1S/C12H22N2O2/c1-3-6-14-7-4-5-11(14)8-13-9-12(2,16)10-15/h4-5,7,13,15-16H,3,6,8-10H2,1-2H3. The molecule has 0 aromatic carbocycles. The van der Waals surface area contributed by atoms with Crippen LogP contribution in [0, 0.1) is 0 Å². The van der Waals surface area contributed by atoms with E-state index >= 15 is 0 Å². The number of hydrogen-bond donors (Lipinski definition) is 3. The molecule has 4 heteroatoms. The molecule has 0 spiro atoms. The number of aliphatic hydroxyl groups excluding tert-OH is 1. The van der Waals surface area contributed by atoms with Gasteiger partial charge in [-0.25, -0.2) is 0 Å². The predicted molar refractivity (Wildman–Crippen MR) is 64.1 cm³/mol. The zero-order valence-electron chi connectivity index (χ0n) is 10.1. The van der Waals surface area contributed by atoms with Crippen LogP contribution in [0.3, 0.4) is 0 Å². The summed E-state index contributed by atoms with van der Waals surface area (Å²) in [6.45, 7) is 5.65. The Hall–Kier alpha value is -0.840. The Bertz CT molecular complexity index is 308. The summed E-state index contributed by atoms with van der Waals surface area (Å²) in [4.78, 5) is 0. The van der Waals surface area contributed by atoms with Crippen molar-refractivity contribution in [3.63, 3.8) is 0 Å². The van der Waals surface area contributed by atoms with Crippen LogP contribution in [0.4, 0.5) is 0 Å². The van der Waals surface area contributed by atoms with E-state index < -0.39 is 5.60 Å². The molecule has 0 aliphatic carbocycles. The monoisotopic (exact) mass is 226 g/mol. The average Bonchev–Trinajstić information content (AvgIpc) is 2.66. The summed E-state index contributed by atoms with van der Waals surface area (Å²) in [6.07, 6.45) is 3.17. The highest BCUT2D eigenvalue weighted by Gasteiger charge is 2.17. The summed E-state index contributed by atoms with van der Waals surface area (Å²) < 4.78 is 2.20. The predicted octanol–water partition coefficient (Wildman–Crippen LogP) is 0.731. The summed E-state index contributed by atoms with van der Waals surface area (Å²) in [5.41, 5.74) is 0.165. The highest BCUT2D eigenvalue weighted by atomic mass is 16.3. The van der Waals surface area contributed by atoms with Crippen molar-refractivity contribution in [1.82, 2.24) is 9.88 Å². The lowest BCUT2D eigenvalue weighted by Gasteiger charge is -2.21. The third-order valence-corrected chi connectivity index (χ3v) is 2.54. The van der Waals surface area contributed by atoms with Gasteiger partial charge in [-0.15, -0.1) is 0 Å². The van der Waals surface area contributed by atoms with Crippen LogP contribution in [-0.2, 0) is 13.1 Å². The van der Waals surface area contributed by atoms with Crippen LogP contribution in [0.15, 0.2) is 18.3 Å². The van der Waals surface area contributed by atoms with E-state index in [1.54, 1.807) is 6.92 Å². The molecule has 4 nitrogen and oxygen atoms in total. The van der Waals surface area contributed by atoms with Crippen molar-refractivity contribution in [2.75, 3.05) is 13.2 Å². The number of hydrogen-bond acceptors (Lipinski definition) is 3. The molecule has 0 aliphatic heterocycles. The molecule has 16 heavy (non-hydrogen) atoms. The molecule has 1 atom stereocenters. The lowest BCUT2D eigenvalue weighted by atomic mass is 10.1. The van der Waals surface area contributed by atoms with E-state index in [-0.39, 0.29) is 6.61 Å². The zero-order chi connectivity index (χ0) is 12.0. The minimum Gasteiger partial charge on any atom is -0.393 e. The van der Waals surface area contributed by atoms with Gasteiger partial charge in [0.05, 0.1) is 12.2 Å². The Morgan fingerprint density at radius 1 is 1.50 bits per heavy atom. The van der Waals surface area contributed by atoms with Crippen LogP contribution in [0.1, 0.15) is 26.0 Å². The van der Waals surface area contributed by atoms with E-state index in [2.05, 4.69) is 29.1 Å². The fraction of sp³-hybridized carbons (Fsp3) is 0.667. The van der Waals surface area contributed by atoms with Gasteiger partial charge in [0, 0.05) is 31.5 Å². The molecule has 0 saturated heterocycles. The van der Waals surface area contributed by atoms with E-state index in [0.29, 0.717) is 13.1 Å². The van der Waals surface area contributed by atoms with Crippen LogP contribution in [0.5, 0.6) is 0 Å². The van der Waals surface area contributed by atoms with Crippen LogP contribution < -0.4 is 5.32 Å². The Morgan fingerprint density at radius 2 is 2.25 bits per heavy atom. The second-order valence-electron chi connectivity index (χ2n) is 4.45. The van der Waals surface area contributed by atoms with Crippen molar-refractivity contribution >= 4 is 0 Å². The van der Waals surface area contributed by atoms with E-state index in [4.69, 9.17) is 5.11 Å². The second-order valence-corrected chi connectivity index (χ2v) is 4.45. The van der Waals surface area contributed by atoms with Gasteiger partial charge in [0.25, 0.3) is 0 Å². The van der Waals surface area contributed by atoms with Crippen molar-refractivity contribution in [3.8, 4) is 0 Å². The van der Waals surface area contributed by atoms with Crippen molar-refractivity contribution in [1.29, 1.82) is 0 Å². The van der Waals surface area contributed by atoms with Crippen molar-refractivity contribution < 1.29 is 10.2 Å². The van der Waals surface area contributed by atoms with Gasteiger partial charge in [-0.05, 0) is 25.5 Å². The van der Waals surface area contributed by atoms with Gasteiger partial charge in [-0.3, -0.25) is 0 Å². The zero-order valence-corrected chi connectivity index (χ0v) is 10.1. The van der Waals surface area contributed by atoms with Gasteiger partial charge in [0.1, 0.15) is 0 Å². The van der Waals surface area contributed by atoms with E-state index in [9.17, 15) is 5.11 Å². The molecule has 3 N–H and O–H groups in total. The molecule has 0 radical (unpaired) electrons. The SMILES string of the molecule is CCCn1cccc1CNCC(C)(O)CO. The lowest BCUT2D eigenvalue weighted by Crippen LogP contribution is -2.40. The average molecular weight is 226 g/mol. The number of aliphatic hydroxyl groups is 2. The fourth-order valence-corrected chi connectivity index (χ4v) is 1.58. The first kappa shape index (κ1) is 13.2. The molecule has 0 saturated carbocycles.